The summed E-state index contributed by atoms with van der Waals surface area (Å²) in [5.41, 5.74) is 2.09. The van der Waals surface area contributed by atoms with Crippen LogP contribution in [0.4, 0.5) is 0 Å². The van der Waals surface area contributed by atoms with Crippen LogP contribution in [0.2, 0.25) is 0 Å². The Labute approximate surface area is 80.4 Å². The van der Waals surface area contributed by atoms with Crippen molar-refractivity contribution in [2.45, 2.75) is 13.3 Å². The number of benzene rings is 1. The summed E-state index contributed by atoms with van der Waals surface area (Å²) >= 11 is 0. The maximum absolute atomic E-state index is 10.9. The fourth-order valence-corrected chi connectivity index (χ4v) is 1.37. The molecule has 0 aliphatic rings. The van der Waals surface area contributed by atoms with Crippen LogP contribution < -0.4 is 4.74 Å². The van der Waals surface area contributed by atoms with Crippen LogP contribution in [0, 0.1) is 0 Å². The van der Waals surface area contributed by atoms with Crippen molar-refractivity contribution in [3.63, 3.8) is 0 Å². The first kappa shape index (κ1) is 8.87. The Morgan fingerprint density at radius 3 is 2.71 bits per heavy atom. The maximum Gasteiger partial charge on any atom is 0.267 e. The molecule has 0 aliphatic heterocycles. The van der Waals surface area contributed by atoms with Gasteiger partial charge in [0.2, 0.25) is 5.58 Å². The van der Waals surface area contributed by atoms with Crippen molar-refractivity contribution < 1.29 is 18.7 Å². The number of Topliss-reactive ketones (excluding diaryl/α,β-unsaturated/α-hetero) is 1. The number of carbonyl (C=O) groups excluding carboxylic acids is 1. The highest BCUT2D eigenvalue weighted by molar-refractivity contribution is 5.83. The number of rotatable bonds is 3. The van der Waals surface area contributed by atoms with Crippen molar-refractivity contribution in [1.29, 1.82) is 0 Å². The molecule has 0 spiro atoms. The predicted octanol–water partition coefficient (Wildman–Crippen LogP) is 2.17. The minimum absolute atomic E-state index is 0.104. The Kier molecular flexibility index (Phi) is 2.04. The summed E-state index contributed by atoms with van der Waals surface area (Å²) in [7, 11) is 1.55. The molecule has 2 aromatic rings. The van der Waals surface area contributed by atoms with Crippen LogP contribution in [0.1, 0.15) is 12.5 Å². The number of fused-ring (bicyclic) bond motifs is 1. The van der Waals surface area contributed by atoms with Gasteiger partial charge in [0.1, 0.15) is 5.78 Å². The van der Waals surface area contributed by atoms with Crippen molar-refractivity contribution in [3.8, 4) is 5.75 Å². The highest BCUT2D eigenvalue weighted by atomic mass is 17.0. The number of hydrogen-bond donors (Lipinski definition) is 0. The van der Waals surface area contributed by atoms with Crippen LogP contribution >= 0.6 is 0 Å². The van der Waals surface area contributed by atoms with E-state index >= 15 is 0 Å². The molecule has 0 fully saturated rings. The van der Waals surface area contributed by atoms with E-state index < -0.39 is 0 Å². The quantitative estimate of drug-likeness (QED) is 0.702. The highest BCUT2D eigenvalue weighted by Gasteiger charge is 2.13. The van der Waals surface area contributed by atoms with Crippen molar-refractivity contribution in [3.05, 3.63) is 17.7 Å². The molecule has 0 radical (unpaired) electrons. The Balaban J connectivity index is 2.42. The van der Waals surface area contributed by atoms with Crippen LogP contribution in [-0.2, 0) is 11.2 Å². The highest BCUT2D eigenvalue weighted by Crippen LogP contribution is 2.30. The standard InChI is InChI=1S/C10H10O4/c1-6(11)3-7-4-8(12-2)10-9(5-7)13-14-10/h4-5H,3H2,1-2H3. The zero-order valence-corrected chi connectivity index (χ0v) is 7.99. The van der Waals surface area contributed by atoms with Gasteiger partial charge < -0.3 is 4.74 Å². The molecule has 0 aliphatic carbocycles. The molecule has 2 rings (SSSR count). The lowest BCUT2D eigenvalue weighted by Crippen LogP contribution is -1.98. The van der Waals surface area contributed by atoms with E-state index in [0.29, 0.717) is 23.3 Å². The van der Waals surface area contributed by atoms with Gasteiger partial charge in [-0.2, -0.15) is 0 Å². The van der Waals surface area contributed by atoms with Crippen LogP contribution in [0.3, 0.4) is 0 Å². The first-order chi connectivity index (χ1) is 6.70. The molecule has 1 aromatic heterocycles. The first-order valence-electron chi connectivity index (χ1n) is 4.25. The summed E-state index contributed by atoms with van der Waals surface area (Å²) in [6.45, 7) is 1.54. The molecule has 0 amide bonds. The van der Waals surface area contributed by atoms with Gasteiger partial charge in [-0.25, -0.2) is 0 Å². The normalized spacial score (nSPS) is 10.7. The van der Waals surface area contributed by atoms with Gasteiger partial charge in [-0.1, -0.05) is 0 Å². The maximum atomic E-state index is 10.9. The zero-order valence-electron chi connectivity index (χ0n) is 7.99. The summed E-state index contributed by atoms with van der Waals surface area (Å²) in [4.78, 5) is 10.9. The fourth-order valence-electron chi connectivity index (χ4n) is 1.37. The second kappa shape index (κ2) is 3.21. The fraction of sp³-hybridized carbons (Fsp3) is 0.300. The Morgan fingerprint density at radius 2 is 2.21 bits per heavy atom. The van der Waals surface area contributed by atoms with Gasteiger partial charge >= 0.3 is 0 Å². The van der Waals surface area contributed by atoms with Crippen molar-refractivity contribution in [1.82, 2.24) is 0 Å². The lowest BCUT2D eigenvalue weighted by atomic mass is 10.1. The average molecular weight is 194 g/mol. The molecule has 0 atom stereocenters. The largest absolute Gasteiger partial charge is 0.492 e. The molecular formula is C10H10O4. The number of hydrogen-bond acceptors (Lipinski definition) is 4. The van der Waals surface area contributed by atoms with Crippen LogP contribution in [0.15, 0.2) is 21.3 Å². The molecular weight excluding hydrogens is 184 g/mol. The molecule has 14 heavy (non-hydrogen) atoms. The SMILES string of the molecule is COc1cc(CC(C)=O)cc2ooc12. The Hall–Kier alpha value is -1.71. The summed E-state index contributed by atoms with van der Waals surface area (Å²) in [5.74, 6) is 0.706. The number of ether oxygens (including phenoxy) is 1. The molecule has 0 saturated carbocycles. The molecule has 1 heterocycles. The summed E-state index contributed by atoms with van der Waals surface area (Å²) < 4.78 is 14.6. The third-order valence-electron chi connectivity index (χ3n) is 1.97. The van der Waals surface area contributed by atoms with Gasteiger partial charge in [0, 0.05) is 6.42 Å². The van der Waals surface area contributed by atoms with E-state index in [-0.39, 0.29) is 5.78 Å². The van der Waals surface area contributed by atoms with E-state index in [4.69, 9.17) is 13.9 Å². The van der Waals surface area contributed by atoms with Crippen LogP contribution in [-0.4, -0.2) is 12.9 Å². The third-order valence-corrected chi connectivity index (χ3v) is 1.97. The van der Waals surface area contributed by atoms with Gasteiger partial charge in [0.25, 0.3) is 5.58 Å². The lowest BCUT2D eigenvalue weighted by Gasteiger charge is -2.06. The molecule has 1 aromatic carbocycles. The van der Waals surface area contributed by atoms with Gasteiger partial charge in [0.15, 0.2) is 5.75 Å². The van der Waals surface area contributed by atoms with Gasteiger partial charge in [0.05, 0.1) is 7.11 Å². The summed E-state index contributed by atoms with van der Waals surface area (Å²) in [6.07, 6.45) is 0.382. The zero-order chi connectivity index (χ0) is 10.1. The lowest BCUT2D eigenvalue weighted by molar-refractivity contribution is -0.116. The van der Waals surface area contributed by atoms with E-state index in [1.165, 1.54) is 0 Å². The van der Waals surface area contributed by atoms with Gasteiger partial charge in [-0.3, -0.25) is 13.9 Å². The van der Waals surface area contributed by atoms with Crippen molar-refractivity contribution in [2.24, 2.45) is 0 Å². The Bertz CT molecular complexity index is 463. The van der Waals surface area contributed by atoms with Crippen LogP contribution in [0.25, 0.3) is 11.2 Å². The summed E-state index contributed by atoms with van der Waals surface area (Å²) in [5, 5.41) is 0. The van der Waals surface area contributed by atoms with E-state index in [2.05, 4.69) is 0 Å². The molecule has 74 valence electrons. The minimum Gasteiger partial charge on any atom is -0.492 e. The molecule has 0 saturated heterocycles. The second-order valence-corrected chi connectivity index (χ2v) is 3.17. The van der Waals surface area contributed by atoms with Gasteiger partial charge in [-0.05, 0) is 24.6 Å². The molecule has 0 bridgehead atoms. The summed E-state index contributed by atoms with van der Waals surface area (Å²) in [6, 6.07) is 3.56. The number of ketones is 1. The number of carbonyl (C=O) groups is 1. The van der Waals surface area contributed by atoms with Crippen LogP contribution in [0.5, 0.6) is 5.75 Å². The van der Waals surface area contributed by atoms with E-state index in [1.807, 2.05) is 0 Å². The van der Waals surface area contributed by atoms with E-state index in [9.17, 15) is 4.79 Å². The topological polar surface area (TPSA) is 52.6 Å². The Morgan fingerprint density at radius 1 is 1.43 bits per heavy atom. The minimum atomic E-state index is 0.104. The molecule has 4 nitrogen and oxygen atoms in total. The number of methoxy groups -OCH3 is 1. The third kappa shape index (κ3) is 1.39. The molecule has 0 N–H and O–H groups in total. The molecule has 0 unspecified atom stereocenters. The average Bonchev–Trinajstić information content (AvgIpc) is 2.08. The first-order valence-corrected chi connectivity index (χ1v) is 4.25. The monoisotopic (exact) mass is 194 g/mol. The van der Waals surface area contributed by atoms with Crippen molar-refractivity contribution >= 4 is 16.9 Å². The van der Waals surface area contributed by atoms with E-state index in [1.54, 1.807) is 26.2 Å². The second-order valence-electron chi connectivity index (χ2n) is 3.17. The van der Waals surface area contributed by atoms with Crippen molar-refractivity contribution in [2.75, 3.05) is 7.11 Å². The predicted molar refractivity (Wildman–Crippen MR) is 49.4 cm³/mol. The van der Waals surface area contributed by atoms with E-state index in [0.717, 1.165) is 5.56 Å². The van der Waals surface area contributed by atoms with Gasteiger partial charge in [-0.15, -0.1) is 0 Å². The smallest absolute Gasteiger partial charge is 0.267 e. The molecule has 4 heteroatoms.